The highest BCUT2D eigenvalue weighted by molar-refractivity contribution is 6.22. The van der Waals surface area contributed by atoms with Crippen LogP contribution in [0, 0.1) is 6.92 Å². The van der Waals surface area contributed by atoms with Gasteiger partial charge in [-0.25, -0.2) is 0 Å². The number of rotatable bonds is 6. The molecule has 0 atom stereocenters. The normalized spacial score (nSPS) is 13.9. The van der Waals surface area contributed by atoms with E-state index in [0.29, 0.717) is 0 Å². The number of aldehydes is 1. The Kier molecular flexibility index (Phi) is 5.17. The Balaban J connectivity index is 3.22. The van der Waals surface area contributed by atoms with E-state index in [1.54, 1.807) is 6.92 Å². The molecule has 2 nitrogen and oxygen atoms in total. The van der Waals surface area contributed by atoms with E-state index in [1.807, 2.05) is 5.32 Å². The lowest BCUT2D eigenvalue weighted by Crippen LogP contribution is -2.53. The van der Waals surface area contributed by atoms with Gasteiger partial charge in [0.2, 0.25) is 0 Å². The van der Waals surface area contributed by atoms with Crippen molar-refractivity contribution in [3.63, 3.8) is 0 Å². The lowest BCUT2D eigenvalue weighted by Gasteiger charge is -2.31. The van der Waals surface area contributed by atoms with Crippen molar-refractivity contribution in [2.24, 2.45) is 0 Å². The molecule has 1 aromatic rings. The Morgan fingerprint density at radius 2 is 1.59 bits per heavy atom. The van der Waals surface area contributed by atoms with Crippen molar-refractivity contribution in [2.45, 2.75) is 24.2 Å². The zero-order chi connectivity index (χ0) is 17.2. The maximum absolute atomic E-state index is 13.7. The fourth-order valence-electron chi connectivity index (χ4n) is 1.43. The van der Waals surface area contributed by atoms with Gasteiger partial charge in [-0.3, -0.25) is 4.79 Å². The molecule has 0 spiro atoms. The molecule has 0 amide bonds. The second-order valence-corrected chi connectivity index (χ2v) is 4.83. The average molecular weight is 346 g/mol. The Morgan fingerprint density at radius 3 is 2.00 bits per heavy atom. The van der Waals surface area contributed by atoms with Gasteiger partial charge in [0.1, 0.15) is 6.29 Å². The van der Waals surface area contributed by atoms with Gasteiger partial charge in [-0.05, 0) is 30.7 Å². The van der Waals surface area contributed by atoms with Crippen LogP contribution in [0.4, 0.5) is 32.0 Å². The Hall–Kier alpha value is -1.70. The van der Waals surface area contributed by atoms with E-state index in [9.17, 15) is 31.1 Å². The van der Waals surface area contributed by atoms with Crippen LogP contribution in [0.25, 0.3) is 0 Å². The molecule has 0 unspecified atom stereocenters. The van der Waals surface area contributed by atoms with Crippen molar-refractivity contribution < 1.29 is 31.1 Å². The first-order chi connectivity index (χ1) is 9.93. The largest absolute Gasteiger partial charge is 0.392 e. The second-order valence-electron chi connectivity index (χ2n) is 4.35. The monoisotopic (exact) mass is 345 g/mol. The zero-order valence-electron chi connectivity index (χ0n) is 11.0. The van der Waals surface area contributed by atoms with Crippen LogP contribution in [0.1, 0.15) is 5.56 Å². The van der Waals surface area contributed by atoms with Gasteiger partial charge < -0.3 is 5.32 Å². The van der Waals surface area contributed by atoms with E-state index in [1.165, 1.54) is 24.3 Å². The van der Waals surface area contributed by atoms with Crippen LogP contribution in [-0.2, 0) is 4.79 Å². The Bertz CT molecular complexity index is 565. The standard InChI is InChI=1S/C13H10ClF6NO/c1-8-2-4-9(5-3-8)21-10(6-7-22)11(15,16)12(17,18)13(14,19)20/h2-7,21H,1H3/b10-6+. The van der Waals surface area contributed by atoms with Gasteiger partial charge >= 0.3 is 17.2 Å². The number of hydrogen-bond acceptors (Lipinski definition) is 2. The molecule has 0 heterocycles. The summed E-state index contributed by atoms with van der Waals surface area (Å²) in [5, 5.41) is -3.67. The summed E-state index contributed by atoms with van der Waals surface area (Å²) < 4.78 is 79.0. The third kappa shape index (κ3) is 3.55. The molecule has 0 aliphatic heterocycles. The van der Waals surface area contributed by atoms with Gasteiger partial charge in [0.15, 0.2) is 0 Å². The second kappa shape index (κ2) is 6.20. The maximum Gasteiger partial charge on any atom is 0.392 e. The Labute approximate surface area is 126 Å². The van der Waals surface area contributed by atoms with E-state index in [4.69, 9.17) is 0 Å². The van der Waals surface area contributed by atoms with Crippen LogP contribution in [-0.4, -0.2) is 23.5 Å². The van der Waals surface area contributed by atoms with Crippen molar-refractivity contribution in [3.8, 4) is 0 Å². The predicted molar refractivity (Wildman–Crippen MR) is 69.6 cm³/mol. The summed E-state index contributed by atoms with van der Waals surface area (Å²) in [5.74, 6) is -11.3. The molecule has 0 bridgehead atoms. The summed E-state index contributed by atoms with van der Waals surface area (Å²) >= 11 is 4.07. The number of aryl methyl sites for hydroxylation is 1. The van der Waals surface area contributed by atoms with E-state index < -0.39 is 22.9 Å². The molecule has 1 N–H and O–H groups in total. The minimum absolute atomic E-state index is 0.0381. The lowest BCUT2D eigenvalue weighted by atomic mass is 10.1. The van der Waals surface area contributed by atoms with Gasteiger partial charge in [-0.1, -0.05) is 17.7 Å². The molecule has 0 fully saturated rings. The van der Waals surface area contributed by atoms with Gasteiger partial charge in [0, 0.05) is 11.8 Å². The SMILES string of the molecule is Cc1ccc(N/C(=C/C=O)C(F)(F)C(F)(F)C(F)(F)Cl)cc1. The van der Waals surface area contributed by atoms with Crippen LogP contribution in [0.3, 0.4) is 0 Å². The molecule has 0 aliphatic rings. The molecular weight excluding hydrogens is 336 g/mol. The first-order valence-corrected chi connectivity index (χ1v) is 6.13. The highest BCUT2D eigenvalue weighted by atomic mass is 35.5. The summed E-state index contributed by atoms with van der Waals surface area (Å²) in [6.45, 7) is 1.68. The zero-order valence-corrected chi connectivity index (χ0v) is 11.8. The average Bonchev–Trinajstić information content (AvgIpc) is 2.39. The van der Waals surface area contributed by atoms with Gasteiger partial charge in [-0.15, -0.1) is 0 Å². The maximum atomic E-state index is 13.7. The number of hydrogen-bond donors (Lipinski definition) is 1. The topological polar surface area (TPSA) is 29.1 Å². The van der Waals surface area contributed by atoms with Gasteiger partial charge in [0.25, 0.3) is 0 Å². The number of carbonyl (C=O) groups is 1. The van der Waals surface area contributed by atoms with E-state index >= 15 is 0 Å². The van der Waals surface area contributed by atoms with Crippen LogP contribution >= 0.6 is 11.6 Å². The summed E-state index contributed by atoms with van der Waals surface area (Å²) in [7, 11) is 0. The molecule has 0 radical (unpaired) electrons. The minimum Gasteiger partial charge on any atom is -0.354 e. The molecule has 0 saturated heterocycles. The molecule has 122 valence electrons. The van der Waals surface area contributed by atoms with Crippen molar-refractivity contribution in [3.05, 3.63) is 41.6 Å². The van der Waals surface area contributed by atoms with Crippen molar-refractivity contribution in [1.82, 2.24) is 0 Å². The highest BCUT2D eigenvalue weighted by Crippen LogP contribution is 2.50. The third-order valence-corrected chi connectivity index (χ3v) is 2.89. The minimum atomic E-state index is -5.91. The fourth-order valence-corrected chi connectivity index (χ4v) is 1.55. The summed E-state index contributed by atoms with van der Waals surface area (Å²) in [6.07, 6.45) is -0.191. The first-order valence-electron chi connectivity index (χ1n) is 5.75. The number of allylic oxidation sites excluding steroid dienone is 2. The number of benzene rings is 1. The molecule has 22 heavy (non-hydrogen) atoms. The molecule has 1 rings (SSSR count). The fraction of sp³-hybridized carbons (Fsp3) is 0.308. The highest BCUT2D eigenvalue weighted by Gasteiger charge is 2.72. The quantitative estimate of drug-likeness (QED) is 0.353. The van der Waals surface area contributed by atoms with Gasteiger partial charge in [0.05, 0.1) is 5.70 Å². The first kappa shape index (κ1) is 18.3. The van der Waals surface area contributed by atoms with Gasteiger partial charge in [-0.2, -0.15) is 26.3 Å². The Morgan fingerprint density at radius 1 is 1.09 bits per heavy atom. The van der Waals surface area contributed by atoms with Crippen molar-refractivity contribution in [1.29, 1.82) is 0 Å². The van der Waals surface area contributed by atoms with Crippen LogP contribution < -0.4 is 5.32 Å². The molecule has 0 saturated carbocycles. The number of anilines is 1. The number of alkyl halides is 7. The molecular formula is C13H10ClF6NO. The molecule has 0 aliphatic carbocycles. The van der Waals surface area contributed by atoms with Crippen LogP contribution in [0.2, 0.25) is 0 Å². The molecule has 9 heteroatoms. The molecule has 1 aromatic carbocycles. The van der Waals surface area contributed by atoms with E-state index in [2.05, 4.69) is 11.6 Å². The van der Waals surface area contributed by atoms with E-state index in [-0.39, 0.29) is 18.0 Å². The summed E-state index contributed by atoms with van der Waals surface area (Å²) in [6, 6.07) is 5.43. The van der Waals surface area contributed by atoms with Crippen molar-refractivity contribution in [2.75, 3.05) is 5.32 Å². The molecule has 0 aromatic heterocycles. The van der Waals surface area contributed by atoms with Crippen LogP contribution in [0.15, 0.2) is 36.0 Å². The van der Waals surface area contributed by atoms with E-state index in [0.717, 1.165) is 5.56 Å². The summed E-state index contributed by atoms with van der Waals surface area (Å²) in [5.41, 5.74) is -1.04. The third-order valence-electron chi connectivity index (χ3n) is 2.65. The smallest absolute Gasteiger partial charge is 0.354 e. The predicted octanol–water partition coefficient (Wildman–Crippen LogP) is 4.59. The lowest BCUT2D eigenvalue weighted by molar-refractivity contribution is -0.263. The van der Waals surface area contributed by atoms with Crippen LogP contribution in [0.5, 0.6) is 0 Å². The number of nitrogens with one attached hydrogen (secondary N) is 1. The summed E-state index contributed by atoms with van der Waals surface area (Å²) in [4.78, 5) is 10.4. The van der Waals surface area contributed by atoms with Crippen molar-refractivity contribution >= 4 is 23.6 Å². The number of halogens is 7. The number of carbonyl (C=O) groups excluding carboxylic acids is 1.